The Morgan fingerprint density at radius 2 is 2.00 bits per heavy atom. The number of aromatic nitrogens is 2. The molecule has 1 aromatic carbocycles. The van der Waals surface area contributed by atoms with Gasteiger partial charge in [-0.05, 0) is 57.4 Å². The van der Waals surface area contributed by atoms with E-state index < -0.39 is 12.1 Å². The van der Waals surface area contributed by atoms with Crippen LogP contribution >= 0.6 is 0 Å². The molecule has 0 spiro atoms. The van der Waals surface area contributed by atoms with E-state index in [-0.39, 0.29) is 5.92 Å². The third-order valence-electron chi connectivity index (χ3n) is 5.43. The van der Waals surface area contributed by atoms with Gasteiger partial charge in [0.2, 0.25) is 0 Å². The molecular formula is C23H31FN4O2. The molecule has 3 rings (SSSR count). The molecule has 2 aromatic rings. The molecule has 0 bridgehead atoms. The summed E-state index contributed by atoms with van der Waals surface area (Å²) in [5, 5.41) is 6.17. The second-order valence-corrected chi connectivity index (χ2v) is 8.22. The van der Waals surface area contributed by atoms with E-state index in [0.717, 1.165) is 35.5 Å². The number of carbonyl (C=O) groups excluding carboxylic acids is 1. The minimum atomic E-state index is -1.56. The normalized spacial score (nSPS) is 17.6. The first-order valence-corrected chi connectivity index (χ1v) is 10.6. The van der Waals surface area contributed by atoms with Gasteiger partial charge in [-0.15, -0.1) is 0 Å². The van der Waals surface area contributed by atoms with E-state index in [1.807, 2.05) is 26.0 Å². The van der Waals surface area contributed by atoms with Gasteiger partial charge >= 0.3 is 0 Å². The van der Waals surface area contributed by atoms with Crippen LogP contribution in [0.4, 0.5) is 10.1 Å². The Morgan fingerprint density at radius 3 is 2.63 bits per heavy atom. The van der Waals surface area contributed by atoms with Gasteiger partial charge in [-0.3, -0.25) is 4.79 Å². The first kappa shape index (κ1) is 22.2. The molecule has 2 atom stereocenters. The number of nitrogens with one attached hydrogen (secondary N) is 2. The number of halogens is 1. The molecule has 1 unspecified atom stereocenters. The van der Waals surface area contributed by atoms with Crippen molar-refractivity contribution in [2.24, 2.45) is 5.92 Å². The first-order valence-electron chi connectivity index (χ1n) is 10.6. The molecule has 1 amide bonds. The molecule has 30 heavy (non-hydrogen) atoms. The fourth-order valence-corrected chi connectivity index (χ4v) is 3.68. The molecule has 2 N–H and O–H groups in total. The van der Waals surface area contributed by atoms with Crippen LogP contribution in [0.15, 0.2) is 24.5 Å². The first-order chi connectivity index (χ1) is 14.4. The number of anilines is 1. The maximum atomic E-state index is 14.1. The van der Waals surface area contributed by atoms with E-state index in [1.165, 1.54) is 19.2 Å². The van der Waals surface area contributed by atoms with Crippen molar-refractivity contribution in [1.29, 1.82) is 0 Å². The smallest absolute Gasteiger partial charge is 0.259 e. The van der Waals surface area contributed by atoms with Crippen LogP contribution in [0, 0.1) is 19.8 Å². The van der Waals surface area contributed by atoms with Gasteiger partial charge in [0.25, 0.3) is 5.91 Å². The minimum absolute atomic E-state index is 0.318. The van der Waals surface area contributed by atoms with Crippen molar-refractivity contribution < 1.29 is 13.9 Å². The molecule has 0 aliphatic carbocycles. The number of aryl methyl sites for hydroxylation is 2. The molecule has 7 heteroatoms. The average Bonchev–Trinajstić information content (AvgIpc) is 2.73. The van der Waals surface area contributed by atoms with Crippen LogP contribution in [0.25, 0.3) is 11.1 Å². The van der Waals surface area contributed by atoms with Crippen molar-refractivity contribution >= 4 is 11.6 Å². The van der Waals surface area contributed by atoms with E-state index in [2.05, 4.69) is 20.6 Å². The molecule has 162 valence electrons. The topological polar surface area (TPSA) is 76.1 Å². The van der Waals surface area contributed by atoms with Gasteiger partial charge in [0, 0.05) is 34.2 Å². The predicted octanol–water partition coefficient (Wildman–Crippen LogP) is 4.21. The fourth-order valence-electron chi connectivity index (χ4n) is 3.68. The summed E-state index contributed by atoms with van der Waals surface area (Å²) in [5.41, 5.74) is 3.80. The summed E-state index contributed by atoms with van der Waals surface area (Å²) >= 11 is 0. The summed E-state index contributed by atoms with van der Waals surface area (Å²) in [5.74, 6) is -0.335. The van der Waals surface area contributed by atoms with Crippen LogP contribution in [-0.2, 0) is 4.79 Å². The van der Waals surface area contributed by atoms with Crippen LogP contribution in [0.1, 0.15) is 44.5 Å². The number of hydrogen-bond donors (Lipinski definition) is 2. The zero-order valence-corrected chi connectivity index (χ0v) is 18.2. The second-order valence-electron chi connectivity index (χ2n) is 8.22. The largest absolute Gasteiger partial charge is 0.491 e. The quantitative estimate of drug-likeness (QED) is 0.710. The summed E-state index contributed by atoms with van der Waals surface area (Å²) in [7, 11) is 0. The Hall–Kier alpha value is -2.54. The number of amides is 1. The molecule has 1 fully saturated rings. The number of rotatable bonds is 7. The predicted molar refractivity (Wildman–Crippen MR) is 116 cm³/mol. The van der Waals surface area contributed by atoms with Crippen molar-refractivity contribution in [2.45, 2.75) is 59.2 Å². The highest BCUT2D eigenvalue weighted by atomic mass is 19.1. The molecule has 0 radical (unpaired) electrons. The average molecular weight is 415 g/mol. The van der Waals surface area contributed by atoms with Crippen LogP contribution in [0.5, 0.6) is 5.75 Å². The maximum Gasteiger partial charge on any atom is 0.259 e. The lowest BCUT2D eigenvalue weighted by Gasteiger charge is -2.24. The summed E-state index contributed by atoms with van der Waals surface area (Å²) < 4.78 is 20.3. The molecule has 6 nitrogen and oxygen atoms in total. The number of benzene rings is 1. The highest BCUT2D eigenvalue weighted by Crippen LogP contribution is 2.36. The lowest BCUT2D eigenvalue weighted by Crippen LogP contribution is -2.38. The molecular weight excluding hydrogens is 383 g/mol. The monoisotopic (exact) mass is 414 g/mol. The molecule has 1 aromatic heterocycles. The van der Waals surface area contributed by atoms with Gasteiger partial charge in [-0.2, -0.15) is 0 Å². The van der Waals surface area contributed by atoms with E-state index in [9.17, 15) is 9.18 Å². The zero-order chi connectivity index (χ0) is 21.7. The van der Waals surface area contributed by atoms with Gasteiger partial charge in [-0.1, -0.05) is 20.3 Å². The van der Waals surface area contributed by atoms with Crippen molar-refractivity contribution in [3.05, 3.63) is 35.9 Å². The fraction of sp³-hybridized carbons (Fsp3) is 0.522. The number of alkyl halides is 1. The Kier molecular flexibility index (Phi) is 7.37. The Morgan fingerprint density at radius 1 is 1.27 bits per heavy atom. The maximum absolute atomic E-state index is 14.1. The summed E-state index contributed by atoms with van der Waals surface area (Å²) in [6.07, 6.45) is 3.45. The molecule has 1 aliphatic heterocycles. The number of hydrogen-bond acceptors (Lipinski definition) is 5. The van der Waals surface area contributed by atoms with Crippen molar-refractivity contribution in [3.8, 4) is 16.9 Å². The van der Waals surface area contributed by atoms with Crippen molar-refractivity contribution in [3.63, 3.8) is 0 Å². The minimum Gasteiger partial charge on any atom is -0.491 e. The number of ether oxygens (including phenoxy) is 1. The van der Waals surface area contributed by atoms with Crippen molar-refractivity contribution in [1.82, 2.24) is 15.3 Å². The Balaban J connectivity index is 1.90. The van der Waals surface area contributed by atoms with E-state index >= 15 is 0 Å². The van der Waals surface area contributed by atoms with Gasteiger partial charge < -0.3 is 15.4 Å². The second kappa shape index (κ2) is 9.98. The highest BCUT2D eigenvalue weighted by Gasteiger charge is 2.22. The van der Waals surface area contributed by atoms with Crippen LogP contribution in [-0.4, -0.2) is 41.2 Å². The molecule has 1 saturated heterocycles. The van der Waals surface area contributed by atoms with Crippen LogP contribution < -0.4 is 15.4 Å². The van der Waals surface area contributed by atoms with Gasteiger partial charge in [-0.25, -0.2) is 14.4 Å². The van der Waals surface area contributed by atoms with Gasteiger partial charge in [0.1, 0.15) is 18.7 Å². The lowest BCUT2D eigenvalue weighted by molar-refractivity contribution is -0.122. The van der Waals surface area contributed by atoms with E-state index in [0.29, 0.717) is 24.1 Å². The summed E-state index contributed by atoms with van der Waals surface area (Å²) in [6.45, 7) is 8.76. The number of piperidine rings is 1. The summed E-state index contributed by atoms with van der Waals surface area (Å²) in [6, 6.07) is 5.70. The summed E-state index contributed by atoms with van der Waals surface area (Å²) in [4.78, 5) is 20.8. The molecule has 0 saturated carbocycles. The lowest BCUT2D eigenvalue weighted by atomic mass is 10.0. The molecule has 2 heterocycles. The Bertz CT molecular complexity index is 861. The van der Waals surface area contributed by atoms with Crippen LogP contribution in [0.3, 0.4) is 0 Å². The van der Waals surface area contributed by atoms with E-state index in [1.54, 1.807) is 19.9 Å². The van der Waals surface area contributed by atoms with Crippen LogP contribution in [0.2, 0.25) is 0 Å². The van der Waals surface area contributed by atoms with Crippen molar-refractivity contribution in [2.75, 3.05) is 18.5 Å². The van der Waals surface area contributed by atoms with Gasteiger partial charge in [0.15, 0.2) is 6.17 Å². The van der Waals surface area contributed by atoms with E-state index in [4.69, 9.17) is 4.74 Å². The number of carbonyl (C=O) groups is 1. The zero-order valence-electron chi connectivity index (χ0n) is 18.2. The standard InChI is InChI=1S/C23H31FN4O2/c1-14(2)22(24)23(29)28-17-8-9-20(30-12-18-7-5-6-10-25-18)19(11-17)21-15(3)26-13-27-16(21)4/h8-9,11,13-14,18,22,25H,5-7,10,12H2,1-4H3,(H,28,29)/t18-,22?/m1/s1. The third-order valence-corrected chi connectivity index (χ3v) is 5.43. The van der Waals surface area contributed by atoms with Gasteiger partial charge in [0.05, 0.1) is 0 Å². The SMILES string of the molecule is Cc1ncnc(C)c1-c1cc(NC(=O)C(F)C(C)C)ccc1OC[C@H]1CCCCN1. The Labute approximate surface area is 177 Å². The third kappa shape index (κ3) is 5.33. The number of nitrogens with zero attached hydrogens (tertiary/aromatic N) is 2. The highest BCUT2D eigenvalue weighted by molar-refractivity contribution is 5.95. The molecule has 1 aliphatic rings.